The highest BCUT2D eigenvalue weighted by molar-refractivity contribution is 5.92. The topological polar surface area (TPSA) is 50.8 Å². The number of nitrogens with one attached hydrogen (secondary N) is 1. The van der Waals surface area contributed by atoms with Gasteiger partial charge in [-0.3, -0.25) is 9.69 Å². The van der Waals surface area contributed by atoms with E-state index < -0.39 is 23.4 Å². The Morgan fingerprint density at radius 2 is 1.82 bits per heavy atom. The molecule has 0 aliphatic carbocycles. The molecule has 1 amide bonds. The lowest BCUT2D eigenvalue weighted by Crippen LogP contribution is -2.39. The molecule has 1 atom stereocenters. The van der Waals surface area contributed by atoms with Crippen LogP contribution in [0.15, 0.2) is 24.3 Å². The van der Waals surface area contributed by atoms with Gasteiger partial charge in [0.1, 0.15) is 0 Å². The molecule has 0 saturated carbocycles. The lowest BCUT2D eigenvalue weighted by atomic mass is 9.93. The van der Waals surface area contributed by atoms with Gasteiger partial charge < -0.3 is 14.8 Å². The first-order chi connectivity index (χ1) is 13.3. The minimum absolute atomic E-state index is 0.0204. The summed E-state index contributed by atoms with van der Waals surface area (Å²) in [6.45, 7) is 2.54. The third-order valence-electron chi connectivity index (χ3n) is 4.97. The van der Waals surface area contributed by atoms with Crippen LogP contribution in [0, 0.1) is 17.5 Å². The Labute approximate surface area is 161 Å². The van der Waals surface area contributed by atoms with Gasteiger partial charge in [0, 0.05) is 12.6 Å². The molecule has 0 spiro atoms. The van der Waals surface area contributed by atoms with Crippen LogP contribution < -0.4 is 14.8 Å². The third kappa shape index (κ3) is 3.77. The summed E-state index contributed by atoms with van der Waals surface area (Å²) >= 11 is 0. The second-order valence-corrected chi connectivity index (χ2v) is 6.57. The fraction of sp³-hybridized carbons (Fsp3) is 0.350. The van der Waals surface area contributed by atoms with Crippen molar-refractivity contribution in [2.75, 3.05) is 32.6 Å². The zero-order chi connectivity index (χ0) is 20.4. The van der Waals surface area contributed by atoms with E-state index >= 15 is 0 Å². The Bertz CT molecular complexity index is 905. The summed E-state index contributed by atoms with van der Waals surface area (Å²) in [7, 11) is 3.13. The molecule has 0 unspecified atom stereocenters. The molecule has 0 fully saturated rings. The van der Waals surface area contributed by atoms with Crippen molar-refractivity contribution in [1.82, 2.24) is 4.90 Å². The maximum atomic E-state index is 13.8. The molecule has 5 nitrogen and oxygen atoms in total. The second-order valence-electron chi connectivity index (χ2n) is 6.57. The number of anilines is 1. The van der Waals surface area contributed by atoms with Gasteiger partial charge in [-0.1, -0.05) is 0 Å². The minimum atomic E-state index is -1.61. The molecule has 2 aromatic rings. The van der Waals surface area contributed by atoms with E-state index in [2.05, 4.69) is 5.32 Å². The van der Waals surface area contributed by atoms with Crippen LogP contribution in [0.5, 0.6) is 11.5 Å². The van der Waals surface area contributed by atoms with Crippen molar-refractivity contribution < 1.29 is 27.4 Å². The Morgan fingerprint density at radius 3 is 2.50 bits per heavy atom. The fourth-order valence-corrected chi connectivity index (χ4v) is 3.41. The number of benzene rings is 2. The van der Waals surface area contributed by atoms with Gasteiger partial charge in [-0.2, -0.15) is 0 Å². The van der Waals surface area contributed by atoms with Crippen LogP contribution >= 0.6 is 0 Å². The number of hydrogen-bond acceptors (Lipinski definition) is 4. The maximum Gasteiger partial charge on any atom is 0.238 e. The molecule has 28 heavy (non-hydrogen) atoms. The molecule has 2 aromatic carbocycles. The smallest absolute Gasteiger partial charge is 0.238 e. The summed E-state index contributed by atoms with van der Waals surface area (Å²) in [5.41, 5.74) is 1.73. The number of carbonyl (C=O) groups is 1. The van der Waals surface area contributed by atoms with Crippen LogP contribution in [0.1, 0.15) is 24.1 Å². The predicted molar refractivity (Wildman–Crippen MR) is 98.2 cm³/mol. The van der Waals surface area contributed by atoms with Crippen molar-refractivity contribution in [3.8, 4) is 11.5 Å². The number of methoxy groups -OCH3 is 2. The number of rotatable bonds is 5. The van der Waals surface area contributed by atoms with E-state index in [0.717, 1.165) is 23.3 Å². The Morgan fingerprint density at radius 1 is 1.14 bits per heavy atom. The van der Waals surface area contributed by atoms with Crippen molar-refractivity contribution in [2.24, 2.45) is 0 Å². The highest BCUT2D eigenvalue weighted by Gasteiger charge is 2.27. The zero-order valence-corrected chi connectivity index (χ0v) is 15.8. The van der Waals surface area contributed by atoms with E-state index in [4.69, 9.17) is 9.47 Å². The van der Waals surface area contributed by atoms with Crippen molar-refractivity contribution in [3.63, 3.8) is 0 Å². The quantitative estimate of drug-likeness (QED) is 0.786. The first kappa shape index (κ1) is 20.0. The summed E-state index contributed by atoms with van der Waals surface area (Å²) < 4.78 is 50.8. The van der Waals surface area contributed by atoms with Crippen molar-refractivity contribution in [1.29, 1.82) is 0 Å². The largest absolute Gasteiger partial charge is 0.493 e. The number of halogens is 3. The Kier molecular flexibility index (Phi) is 5.79. The average Bonchev–Trinajstić information content (AvgIpc) is 2.69. The van der Waals surface area contributed by atoms with Crippen LogP contribution in [0.4, 0.5) is 18.9 Å². The summed E-state index contributed by atoms with van der Waals surface area (Å²) in [5.74, 6) is -3.60. The normalized spacial score (nSPS) is 16.4. The molecule has 0 aromatic heterocycles. The SMILES string of the molecule is COc1cc2c(cc1OC)[C@H](C)N(CC(=O)Nc1ccc(F)c(F)c1F)CC2. The van der Waals surface area contributed by atoms with Crippen LogP contribution in [-0.2, 0) is 11.2 Å². The first-order valence-corrected chi connectivity index (χ1v) is 8.77. The number of hydrogen-bond donors (Lipinski definition) is 1. The molecular formula is C20H21F3N2O3. The van der Waals surface area contributed by atoms with Gasteiger partial charge in [0.25, 0.3) is 0 Å². The van der Waals surface area contributed by atoms with Crippen LogP contribution in [0.2, 0.25) is 0 Å². The molecule has 3 rings (SSSR count). The van der Waals surface area contributed by atoms with Gasteiger partial charge in [-0.05, 0) is 48.7 Å². The van der Waals surface area contributed by atoms with Gasteiger partial charge in [0.05, 0.1) is 26.5 Å². The molecule has 8 heteroatoms. The molecule has 0 bridgehead atoms. The van der Waals surface area contributed by atoms with E-state index in [9.17, 15) is 18.0 Å². The standard InChI is InChI=1S/C20H21F3N2O3/c1-11-13-9-17(28-3)16(27-2)8-12(13)6-7-25(11)10-18(26)24-15-5-4-14(21)19(22)20(15)23/h4-5,8-9,11H,6-7,10H2,1-3H3,(H,24,26)/t11-/m0/s1. The molecule has 0 radical (unpaired) electrons. The number of ether oxygens (including phenoxy) is 2. The predicted octanol–water partition coefficient (Wildman–Crippen LogP) is 3.68. The van der Waals surface area contributed by atoms with Gasteiger partial charge in [0.2, 0.25) is 5.91 Å². The summed E-state index contributed by atoms with van der Waals surface area (Å²) in [4.78, 5) is 14.2. The van der Waals surface area contributed by atoms with Gasteiger partial charge >= 0.3 is 0 Å². The van der Waals surface area contributed by atoms with E-state index in [1.54, 1.807) is 14.2 Å². The van der Waals surface area contributed by atoms with Crippen LogP contribution in [0.25, 0.3) is 0 Å². The number of fused-ring (bicyclic) bond motifs is 1. The highest BCUT2D eigenvalue weighted by atomic mass is 19.2. The zero-order valence-electron chi connectivity index (χ0n) is 15.8. The fourth-order valence-electron chi connectivity index (χ4n) is 3.41. The Balaban J connectivity index is 1.74. The van der Waals surface area contributed by atoms with Crippen molar-refractivity contribution in [2.45, 2.75) is 19.4 Å². The van der Waals surface area contributed by atoms with E-state index in [0.29, 0.717) is 24.5 Å². The van der Waals surface area contributed by atoms with Gasteiger partial charge in [0.15, 0.2) is 29.0 Å². The molecule has 150 valence electrons. The van der Waals surface area contributed by atoms with Crippen LogP contribution in [-0.4, -0.2) is 38.1 Å². The molecule has 1 aliphatic heterocycles. The van der Waals surface area contributed by atoms with E-state index in [-0.39, 0.29) is 18.3 Å². The summed E-state index contributed by atoms with van der Waals surface area (Å²) in [6.07, 6.45) is 0.701. The minimum Gasteiger partial charge on any atom is -0.493 e. The van der Waals surface area contributed by atoms with E-state index in [1.807, 2.05) is 24.0 Å². The summed E-state index contributed by atoms with van der Waals surface area (Å²) in [5, 5.41) is 2.30. The first-order valence-electron chi connectivity index (χ1n) is 8.77. The number of amides is 1. The van der Waals surface area contributed by atoms with Crippen molar-refractivity contribution in [3.05, 3.63) is 52.8 Å². The lowest BCUT2D eigenvalue weighted by Gasteiger charge is -2.35. The van der Waals surface area contributed by atoms with Gasteiger partial charge in [-0.25, -0.2) is 13.2 Å². The van der Waals surface area contributed by atoms with Gasteiger partial charge in [-0.15, -0.1) is 0 Å². The molecular weight excluding hydrogens is 373 g/mol. The summed E-state index contributed by atoms with van der Waals surface area (Å²) in [6, 6.07) is 5.49. The number of carbonyl (C=O) groups excluding carboxylic acids is 1. The van der Waals surface area contributed by atoms with Crippen molar-refractivity contribution >= 4 is 11.6 Å². The Hall–Kier alpha value is -2.74. The van der Waals surface area contributed by atoms with E-state index in [1.165, 1.54) is 0 Å². The monoisotopic (exact) mass is 394 g/mol. The maximum absolute atomic E-state index is 13.8. The molecule has 1 N–H and O–H groups in total. The van der Waals surface area contributed by atoms with Crippen LogP contribution in [0.3, 0.4) is 0 Å². The molecule has 0 saturated heterocycles. The second kappa shape index (κ2) is 8.10. The molecule has 1 heterocycles. The highest BCUT2D eigenvalue weighted by Crippen LogP contribution is 2.37. The number of nitrogens with zero attached hydrogens (tertiary/aromatic N) is 1. The lowest BCUT2D eigenvalue weighted by molar-refractivity contribution is -0.118. The average molecular weight is 394 g/mol. The third-order valence-corrected chi connectivity index (χ3v) is 4.97. The molecule has 1 aliphatic rings.